The molecule has 0 aromatic carbocycles. The second kappa shape index (κ2) is 6.43. The molecule has 1 aromatic heterocycles. The number of hydrogen-bond donors (Lipinski definition) is 1. The van der Waals surface area contributed by atoms with E-state index in [1.165, 1.54) is 30.5 Å². The van der Waals surface area contributed by atoms with Crippen LogP contribution in [-0.4, -0.2) is 42.3 Å². The number of aromatic nitrogens is 2. The van der Waals surface area contributed by atoms with Crippen LogP contribution in [0, 0.1) is 18.8 Å². The molecule has 2 heterocycles. The molecule has 140 valence electrons. The molecule has 5 nitrogen and oxygen atoms in total. The molecule has 0 spiro atoms. The van der Waals surface area contributed by atoms with Crippen LogP contribution in [0.3, 0.4) is 0 Å². The first kappa shape index (κ1) is 18.1. The molecule has 2 bridgehead atoms. The predicted octanol–water partition coefficient (Wildman–Crippen LogP) is 2.99. The van der Waals surface area contributed by atoms with Crippen LogP contribution in [0.2, 0.25) is 0 Å². The zero-order chi connectivity index (χ0) is 17.9. The fourth-order valence-corrected chi connectivity index (χ4v) is 6.21. The molecule has 4 rings (SSSR count). The summed E-state index contributed by atoms with van der Waals surface area (Å²) in [6, 6.07) is 1.13. The highest BCUT2D eigenvalue weighted by Gasteiger charge is 2.49. The summed E-state index contributed by atoms with van der Waals surface area (Å²) in [5.41, 5.74) is 2.65. The van der Waals surface area contributed by atoms with Crippen molar-refractivity contribution in [3.8, 4) is 0 Å². The maximum absolute atomic E-state index is 12.4. The molecule has 3 aliphatic rings. The summed E-state index contributed by atoms with van der Waals surface area (Å²) in [5.74, 6) is 1.43. The van der Waals surface area contributed by atoms with Gasteiger partial charge in [-0.3, -0.25) is 9.58 Å². The summed E-state index contributed by atoms with van der Waals surface area (Å²) in [6.45, 7) is 11.4. The molecule has 2 saturated carbocycles. The van der Waals surface area contributed by atoms with E-state index in [2.05, 4.69) is 42.3 Å². The molecule has 0 amide bonds. The van der Waals surface area contributed by atoms with Crippen LogP contribution in [-0.2, 0) is 24.1 Å². The highest BCUT2D eigenvalue weighted by Crippen LogP contribution is 2.48. The number of nitrogens with zero attached hydrogens (tertiary/aromatic N) is 3. The van der Waals surface area contributed by atoms with Crippen LogP contribution in [0.5, 0.6) is 0 Å². The van der Waals surface area contributed by atoms with Gasteiger partial charge < -0.3 is 0 Å². The Hall–Kier alpha value is -0.240. The maximum atomic E-state index is 12.4. The molecule has 2 fully saturated rings. The first-order valence-electron chi connectivity index (χ1n) is 9.38. The standard InChI is InChI=1S/C18H29BrN4OS/c1-11-16-10-22(5-6-23(16)20-17(11)19)15-9-12-7-13(15)8-14(12)21-25(24)18(2,3)4/h12-15,21H,5-10H2,1-4H3. The zero-order valence-corrected chi connectivity index (χ0v) is 18.0. The molecule has 0 radical (unpaired) electrons. The molecule has 1 aliphatic heterocycles. The molecular formula is C18H29BrN4OS. The topological polar surface area (TPSA) is 50.2 Å². The van der Waals surface area contributed by atoms with E-state index >= 15 is 0 Å². The van der Waals surface area contributed by atoms with Crippen molar-refractivity contribution in [2.75, 3.05) is 6.54 Å². The van der Waals surface area contributed by atoms with E-state index in [-0.39, 0.29) is 4.75 Å². The summed E-state index contributed by atoms with van der Waals surface area (Å²) in [4.78, 5) is 2.68. The lowest BCUT2D eigenvalue weighted by Gasteiger charge is -2.39. The molecule has 1 N–H and O–H groups in total. The van der Waals surface area contributed by atoms with Crippen molar-refractivity contribution in [3.63, 3.8) is 0 Å². The van der Waals surface area contributed by atoms with Crippen molar-refractivity contribution in [1.82, 2.24) is 19.4 Å². The summed E-state index contributed by atoms with van der Waals surface area (Å²) < 4.78 is 18.8. The molecule has 5 atom stereocenters. The van der Waals surface area contributed by atoms with Crippen LogP contribution >= 0.6 is 15.9 Å². The summed E-state index contributed by atoms with van der Waals surface area (Å²) in [6.07, 6.45) is 3.72. The van der Waals surface area contributed by atoms with Gasteiger partial charge in [0.25, 0.3) is 0 Å². The highest BCUT2D eigenvalue weighted by molar-refractivity contribution is 9.10. The Morgan fingerprint density at radius 3 is 2.60 bits per heavy atom. The third-order valence-corrected chi connectivity index (χ3v) is 8.70. The summed E-state index contributed by atoms with van der Waals surface area (Å²) in [7, 11) is -0.955. The minimum absolute atomic E-state index is 0.183. The fraction of sp³-hybridized carbons (Fsp3) is 0.833. The Kier molecular flexibility index (Phi) is 4.66. The van der Waals surface area contributed by atoms with Crippen LogP contribution in [0.25, 0.3) is 0 Å². The SMILES string of the molecule is Cc1c(Br)nn2c1CN(C1CC3CC1CC3NS(=O)C(C)(C)C)CC2. The quantitative estimate of drug-likeness (QED) is 0.804. The van der Waals surface area contributed by atoms with E-state index in [9.17, 15) is 4.21 Å². The van der Waals surface area contributed by atoms with Crippen molar-refractivity contribution >= 4 is 26.9 Å². The van der Waals surface area contributed by atoms with E-state index in [0.717, 1.165) is 30.2 Å². The predicted molar refractivity (Wildman–Crippen MR) is 105 cm³/mol. The van der Waals surface area contributed by atoms with Gasteiger partial charge in [-0.05, 0) is 74.7 Å². The van der Waals surface area contributed by atoms with Crippen LogP contribution in [0.4, 0.5) is 0 Å². The minimum atomic E-state index is -0.955. The lowest BCUT2D eigenvalue weighted by Crippen LogP contribution is -2.48. The Morgan fingerprint density at radius 2 is 1.96 bits per heavy atom. The summed E-state index contributed by atoms with van der Waals surface area (Å²) >= 11 is 3.57. The largest absolute Gasteiger partial charge is 0.292 e. The Labute approximate surface area is 161 Å². The number of nitrogens with one attached hydrogen (secondary N) is 1. The number of rotatable bonds is 3. The van der Waals surface area contributed by atoms with Crippen LogP contribution < -0.4 is 4.72 Å². The Morgan fingerprint density at radius 1 is 1.20 bits per heavy atom. The van der Waals surface area contributed by atoms with Gasteiger partial charge >= 0.3 is 0 Å². The van der Waals surface area contributed by atoms with Gasteiger partial charge in [-0.1, -0.05) is 0 Å². The van der Waals surface area contributed by atoms with Crippen molar-refractivity contribution in [1.29, 1.82) is 0 Å². The van der Waals surface area contributed by atoms with Gasteiger partial charge in [0, 0.05) is 30.7 Å². The van der Waals surface area contributed by atoms with Gasteiger partial charge in [0.15, 0.2) is 0 Å². The van der Waals surface area contributed by atoms with Gasteiger partial charge in [-0.2, -0.15) is 5.10 Å². The summed E-state index contributed by atoms with van der Waals surface area (Å²) in [5, 5.41) is 4.59. The second-order valence-electron chi connectivity index (χ2n) is 8.96. The molecule has 2 aliphatic carbocycles. The molecule has 5 unspecified atom stereocenters. The van der Waals surface area contributed by atoms with Crippen molar-refractivity contribution in [2.24, 2.45) is 11.8 Å². The smallest absolute Gasteiger partial charge is 0.131 e. The number of hydrogen-bond acceptors (Lipinski definition) is 3. The Bertz CT molecular complexity index is 698. The number of halogens is 1. The van der Waals surface area contributed by atoms with E-state index in [0.29, 0.717) is 18.0 Å². The lowest BCUT2D eigenvalue weighted by molar-refractivity contribution is 0.102. The zero-order valence-electron chi connectivity index (χ0n) is 15.6. The van der Waals surface area contributed by atoms with E-state index < -0.39 is 11.0 Å². The monoisotopic (exact) mass is 428 g/mol. The van der Waals surface area contributed by atoms with Crippen molar-refractivity contribution in [3.05, 3.63) is 15.9 Å². The van der Waals surface area contributed by atoms with E-state index in [1.807, 2.05) is 20.8 Å². The van der Waals surface area contributed by atoms with E-state index in [1.54, 1.807) is 0 Å². The first-order valence-corrected chi connectivity index (χ1v) is 11.3. The highest BCUT2D eigenvalue weighted by atomic mass is 79.9. The average molecular weight is 429 g/mol. The third kappa shape index (κ3) is 3.26. The second-order valence-corrected chi connectivity index (χ2v) is 11.7. The number of fused-ring (bicyclic) bond motifs is 3. The Balaban J connectivity index is 1.40. The first-order chi connectivity index (χ1) is 11.7. The molecule has 25 heavy (non-hydrogen) atoms. The van der Waals surface area contributed by atoms with E-state index in [4.69, 9.17) is 0 Å². The van der Waals surface area contributed by atoms with Gasteiger partial charge in [-0.15, -0.1) is 0 Å². The fourth-order valence-electron chi connectivity index (χ4n) is 4.87. The van der Waals surface area contributed by atoms with Gasteiger partial charge in [-0.25, -0.2) is 8.93 Å². The average Bonchev–Trinajstić information content (AvgIpc) is 3.20. The lowest BCUT2D eigenvalue weighted by atomic mass is 9.90. The third-order valence-electron chi connectivity index (χ3n) is 6.32. The van der Waals surface area contributed by atoms with Crippen molar-refractivity contribution in [2.45, 2.75) is 76.9 Å². The van der Waals surface area contributed by atoms with Gasteiger partial charge in [0.05, 0.1) is 28.0 Å². The molecular weight excluding hydrogens is 400 g/mol. The normalized spacial score (nSPS) is 33.6. The van der Waals surface area contributed by atoms with Crippen LogP contribution in [0.15, 0.2) is 4.60 Å². The molecule has 0 saturated heterocycles. The maximum Gasteiger partial charge on any atom is 0.131 e. The molecule has 1 aromatic rings. The van der Waals surface area contributed by atoms with Crippen LogP contribution in [0.1, 0.15) is 51.3 Å². The van der Waals surface area contributed by atoms with Gasteiger partial charge in [0.1, 0.15) is 4.60 Å². The van der Waals surface area contributed by atoms with Gasteiger partial charge in [0.2, 0.25) is 0 Å². The molecule has 7 heteroatoms. The minimum Gasteiger partial charge on any atom is -0.292 e. The van der Waals surface area contributed by atoms with Crippen molar-refractivity contribution < 1.29 is 4.21 Å².